The molecular formula is C30H37N3O5S. The topological polar surface area (TPSA) is 96.0 Å². The Bertz CT molecular complexity index is 1330. The lowest BCUT2D eigenvalue weighted by Crippen LogP contribution is -2.53. The summed E-state index contributed by atoms with van der Waals surface area (Å²) in [6.07, 6.45) is 0.912. The third-order valence-electron chi connectivity index (χ3n) is 6.47. The summed E-state index contributed by atoms with van der Waals surface area (Å²) in [5.74, 6) is -0.168. The van der Waals surface area contributed by atoms with Crippen LogP contribution in [0.15, 0.2) is 83.8 Å². The van der Waals surface area contributed by atoms with Crippen LogP contribution in [0.2, 0.25) is 0 Å². The first-order valence-electron chi connectivity index (χ1n) is 13.1. The van der Waals surface area contributed by atoms with Crippen LogP contribution in [0.25, 0.3) is 0 Å². The SMILES string of the molecule is CCNC(=O)[C@H](CC)N(CCc1ccccc1)C(=O)CN(c1ccc(OC)cc1)S(=O)(=O)c1ccc(C)cc1. The number of hydrogen-bond acceptors (Lipinski definition) is 5. The molecule has 1 atom stereocenters. The van der Waals surface area contributed by atoms with Gasteiger partial charge in [0.2, 0.25) is 11.8 Å². The minimum absolute atomic E-state index is 0.0725. The third-order valence-corrected chi connectivity index (χ3v) is 8.26. The molecule has 3 rings (SSSR count). The number of carbonyl (C=O) groups excluding carboxylic acids is 2. The molecule has 0 aliphatic carbocycles. The molecule has 0 aliphatic heterocycles. The second kappa shape index (κ2) is 13.8. The maximum absolute atomic E-state index is 13.9. The summed E-state index contributed by atoms with van der Waals surface area (Å²) in [5, 5.41) is 2.81. The molecule has 0 radical (unpaired) electrons. The normalized spacial score (nSPS) is 11.9. The molecule has 3 aromatic carbocycles. The van der Waals surface area contributed by atoms with Crippen LogP contribution in [-0.4, -0.2) is 57.9 Å². The summed E-state index contributed by atoms with van der Waals surface area (Å²) in [5.41, 5.74) is 2.25. The average molecular weight is 552 g/mol. The highest BCUT2D eigenvalue weighted by Gasteiger charge is 2.33. The van der Waals surface area contributed by atoms with E-state index in [0.717, 1.165) is 15.4 Å². The first-order chi connectivity index (χ1) is 18.7. The highest BCUT2D eigenvalue weighted by molar-refractivity contribution is 7.92. The number of nitrogens with one attached hydrogen (secondary N) is 1. The number of rotatable bonds is 13. The van der Waals surface area contributed by atoms with Gasteiger partial charge in [0.15, 0.2) is 0 Å². The Kier molecular flexibility index (Phi) is 10.5. The smallest absolute Gasteiger partial charge is 0.264 e. The number of benzene rings is 3. The molecule has 1 N–H and O–H groups in total. The first kappa shape index (κ1) is 29.7. The quantitative estimate of drug-likeness (QED) is 0.344. The lowest BCUT2D eigenvalue weighted by molar-refractivity contribution is -0.139. The number of sulfonamides is 1. The van der Waals surface area contributed by atoms with Gasteiger partial charge in [0.05, 0.1) is 17.7 Å². The van der Waals surface area contributed by atoms with Crippen molar-refractivity contribution in [2.45, 2.75) is 44.6 Å². The number of aryl methyl sites for hydroxylation is 1. The minimum atomic E-state index is -4.10. The fourth-order valence-electron chi connectivity index (χ4n) is 4.30. The largest absolute Gasteiger partial charge is 0.497 e. The summed E-state index contributed by atoms with van der Waals surface area (Å²) in [7, 11) is -2.58. The number of carbonyl (C=O) groups is 2. The van der Waals surface area contributed by atoms with Gasteiger partial charge >= 0.3 is 0 Å². The Morgan fingerprint density at radius 1 is 0.923 bits per heavy atom. The van der Waals surface area contributed by atoms with Crippen LogP contribution in [0.3, 0.4) is 0 Å². The minimum Gasteiger partial charge on any atom is -0.497 e. The number of ether oxygens (including phenoxy) is 1. The zero-order valence-electron chi connectivity index (χ0n) is 23.0. The second-order valence-corrected chi connectivity index (χ2v) is 11.0. The van der Waals surface area contributed by atoms with E-state index in [-0.39, 0.29) is 17.3 Å². The lowest BCUT2D eigenvalue weighted by Gasteiger charge is -2.33. The number of hydrogen-bond donors (Lipinski definition) is 1. The van der Waals surface area contributed by atoms with E-state index < -0.39 is 28.5 Å². The molecule has 0 saturated heterocycles. The van der Waals surface area contributed by atoms with E-state index in [1.165, 1.54) is 24.1 Å². The van der Waals surface area contributed by atoms with E-state index in [1.54, 1.807) is 36.4 Å². The third kappa shape index (κ3) is 7.60. The van der Waals surface area contributed by atoms with Gasteiger partial charge in [-0.05, 0) is 68.7 Å². The van der Waals surface area contributed by atoms with Gasteiger partial charge in [-0.1, -0.05) is 55.0 Å². The van der Waals surface area contributed by atoms with Crippen molar-refractivity contribution in [2.75, 3.05) is 31.0 Å². The van der Waals surface area contributed by atoms with Crippen LogP contribution < -0.4 is 14.4 Å². The molecule has 39 heavy (non-hydrogen) atoms. The molecule has 3 aromatic rings. The Balaban J connectivity index is 2.00. The van der Waals surface area contributed by atoms with Crippen molar-refractivity contribution in [3.63, 3.8) is 0 Å². The molecule has 0 bridgehead atoms. The van der Waals surface area contributed by atoms with Crippen LogP contribution >= 0.6 is 0 Å². The van der Waals surface area contributed by atoms with Gasteiger partial charge in [0.1, 0.15) is 18.3 Å². The zero-order chi connectivity index (χ0) is 28.4. The van der Waals surface area contributed by atoms with E-state index in [2.05, 4.69) is 5.32 Å². The highest BCUT2D eigenvalue weighted by Crippen LogP contribution is 2.26. The highest BCUT2D eigenvalue weighted by atomic mass is 32.2. The van der Waals surface area contributed by atoms with Crippen molar-refractivity contribution in [3.8, 4) is 5.75 Å². The van der Waals surface area contributed by atoms with Crippen LogP contribution in [0, 0.1) is 6.92 Å². The summed E-state index contributed by atoms with van der Waals surface area (Å²) in [6, 6.07) is 21.9. The maximum atomic E-state index is 13.9. The molecule has 2 amide bonds. The zero-order valence-corrected chi connectivity index (χ0v) is 23.8. The van der Waals surface area contributed by atoms with Gasteiger partial charge in [0.25, 0.3) is 10.0 Å². The molecule has 9 heteroatoms. The number of amides is 2. The van der Waals surface area contributed by atoms with E-state index in [0.29, 0.717) is 30.8 Å². The predicted molar refractivity (Wildman–Crippen MR) is 153 cm³/mol. The molecule has 0 aliphatic rings. The standard InChI is InChI=1S/C30H37N3O5S/c1-5-28(30(35)31-6-2)32(21-20-24-10-8-7-9-11-24)29(34)22-33(25-14-16-26(38-4)17-15-25)39(36,37)27-18-12-23(3)13-19-27/h7-19,28H,5-6,20-22H2,1-4H3,(H,31,35)/t28-/m0/s1. The molecular weight excluding hydrogens is 514 g/mol. The molecule has 0 unspecified atom stereocenters. The number of nitrogens with zero attached hydrogens (tertiary/aromatic N) is 2. The number of likely N-dealkylation sites (N-methyl/N-ethyl adjacent to an activating group) is 1. The Hall–Kier alpha value is -3.85. The van der Waals surface area contributed by atoms with E-state index in [9.17, 15) is 18.0 Å². The molecule has 0 aromatic heterocycles. The van der Waals surface area contributed by atoms with E-state index in [4.69, 9.17) is 4.74 Å². The molecule has 0 fully saturated rings. The lowest BCUT2D eigenvalue weighted by atomic mass is 10.1. The second-order valence-electron chi connectivity index (χ2n) is 9.16. The van der Waals surface area contributed by atoms with Gasteiger partial charge in [-0.15, -0.1) is 0 Å². The molecule has 208 valence electrons. The Morgan fingerprint density at radius 3 is 2.13 bits per heavy atom. The fraction of sp³-hybridized carbons (Fsp3) is 0.333. The van der Waals surface area contributed by atoms with Crippen molar-refractivity contribution in [1.29, 1.82) is 0 Å². The van der Waals surface area contributed by atoms with Crippen molar-refractivity contribution < 1.29 is 22.7 Å². The van der Waals surface area contributed by atoms with Crippen molar-refractivity contribution in [3.05, 3.63) is 90.0 Å². The van der Waals surface area contributed by atoms with Crippen LogP contribution in [0.4, 0.5) is 5.69 Å². The first-order valence-corrected chi connectivity index (χ1v) is 14.5. The van der Waals surface area contributed by atoms with E-state index in [1.807, 2.05) is 51.1 Å². The van der Waals surface area contributed by atoms with Gasteiger partial charge in [-0.25, -0.2) is 8.42 Å². The summed E-state index contributed by atoms with van der Waals surface area (Å²) < 4.78 is 34.0. The van der Waals surface area contributed by atoms with Crippen molar-refractivity contribution in [1.82, 2.24) is 10.2 Å². The maximum Gasteiger partial charge on any atom is 0.264 e. The average Bonchev–Trinajstić information content (AvgIpc) is 2.94. The Morgan fingerprint density at radius 2 is 1.56 bits per heavy atom. The Labute approximate surface area is 231 Å². The molecule has 0 heterocycles. The van der Waals surface area contributed by atoms with Crippen molar-refractivity contribution >= 4 is 27.5 Å². The molecule has 8 nitrogen and oxygen atoms in total. The van der Waals surface area contributed by atoms with Gasteiger partial charge < -0.3 is 15.0 Å². The van der Waals surface area contributed by atoms with Gasteiger partial charge in [-0.3, -0.25) is 13.9 Å². The van der Waals surface area contributed by atoms with Gasteiger partial charge in [-0.2, -0.15) is 0 Å². The summed E-state index contributed by atoms with van der Waals surface area (Å²) in [4.78, 5) is 28.5. The summed E-state index contributed by atoms with van der Waals surface area (Å²) in [6.45, 7) is 5.76. The van der Waals surface area contributed by atoms with Crippen LogP contribution in [-0.2, 0) is 26.0 Å². The van der Waals surface area contributed by atoms with Crippen molar-refractivity contribution in [2.24, 2.45) is 0 Å². The fourth-order valence-corrected chi connectivity index (χ4v) is 5.72. The van der Waals surface area contributed by atoms with E-state index >= 15 is 0 Å². The number of anilines is 1. The van der Waals surface area contributed by atoms with Crippen LogP contribution in [0.1, 0.15) is 31.4 Å². The monoisotopic (exact) mass is 551 g/mol. The van der Waals surface area contributed by atoms with Gasteiger partial charge in [0, 0.05) is 13.1 Å². The van der Waals surface area contributed by atoms with Crippen LogP contribution in [0.5, 0.6) is 5.75 Å². The summed E-state index contributed by atoms with van der Waals surface area (Å²) >= 11 is 0. The predicted octanol–water partition coefficient (Wildman–Crippen LogP) is 4.18. The molecule has 0 spiro atoms. The number of methoxy groups -OCH3 is 1. The molecule has 0 saturated carbocycles.